The Labute approximate surface area is 112 Å². The zero-order chi connectivity index (χ0) is 15.5. The van der Waals surface area contributed by atoms with E-state index in [0.29, 0.717) is 0 Å². The van der Waals surface area contributed by atoms with Gasteiger partial charge in [0.05, 0.1) is 5.56 Å². The Morgan fingerprint density at radius 3 is 2.05 bits per heavy atom. The maximum Gasteiger partial charge on any atom is 0.416 e. The van der Waals surface area contributed by atoms with Crippen LogP contribution in [-0.4, -0.2) is 28.1 Å². The van der Waals surface area contributed by atoms with Crippen LogP contribution in [0, 0.1) is 0 Å². The average molecular weight is 291 g/mol. The predicted molar refractivity (Wildman–Crippen MR) is 61.6 cm³/mol. The summed E-state index contributed by atoms with van der Waals surface area (Å²) in [5.41, 5.74) is -0.959. The molecule has 5 nitrogen and oxygen atoms in total. The van der Waals surface area contributed by atoms with E-state index < -0.39 is 35.8 Å². The third-order valence-electron chi connectivity index (χ3n) is 2.52. The van der Waals surface area contributed by atoms with Gasteiger partial charge < -0.3 is 15.5 Å². The quantitative estimate of drug-likeness (QED) is 0.781. The first kappa shape index (κ1) is 16.0. The number of carboxylic acids is 1. The average Bonchev–Trinajstić information content (AvgIpc) is 2.33. The Kier molecular flexibility index (Phi) is 4.72. The van der Waals surface area contributed by atoms with Crippen molar-refractivity contribution < 1.29 is 33.0 Å². The number of alkyl halides is 3. The number of aliphatic carboxylic acids is 1. The van der Waals surface area contributed by atoms with Crippen LogP contribution in [0.25, 0.3) is 0 Å². The van der Waals surface area contributed by atoms with E-state index in [1.807, 2.05) is 5.32 Å². The van der Waals surface area contributed by atoms with Gasteiger partial charge in [-0.1, -0.05) is 12.1 Å². The lowest BCUT2D eigenvalue weighted by Crippen LogP contribution is -2.44. The van der Waals surface area contributed by atoms with Crippen molar-refractivity contribution in [3.8, 4) is 0 Å². The molecule has 0 fully saturated rings. The highest BCUT2D eigenvalue weighted by molar-refractivity contribution is 5.82. The third kappa shape index (κ3) is 3.95. The second kappa shape index (κ2) is 5.91. The summed E-state index contributed by atoms with van der Waals surface area (Å²) in [6.07, 6.45) is -6.17. The van der Waals surface area contributed by atoms with Gasteiger partial charge >= 0.3 is 12.1 Å². The molecule has 0 aromatic heterocycles. The SMILES string of the molecule is CC(=O)NC(C(=O)O)[C@H](O)c1ccc(C(F)(F)F)cc1. The van der Waals surface area contributed by atoms with Crippen LogP contribution in [0.2, 0.25) is 0 Å². The number of carbonyl (C=O) groups excluding carboxylic acids is 1. The van der Waals surface area contributed by atoms with E-state index >= 15 is 0 Å². The van der Waals surface area contributed by atoms with Gasteiger partial charge in [-0.25, -0.2) is 4.79 Å². The maximum atomic E-state index is 12.4. The Balaban J connectivity index is 2.98. The molecule has 0 radical (unpaired) electrons. The molecule has 0 heterocycles. The predicted octanol–water partition coefficient (Wildman–Crippen LogP) is 1.33. The molecular weight excluding hydrogens is 279 g/mol. The summed E-state index contributed by atoms with van der Waals surface area (Å²) in [4.78, 5) is 21.8. The van der Waals surface area contributed by atoms with Gasteiger partial charge in [-0.3, -0.25) is 4.79 Å². The number of benzene rings is 1. The van der Waals surface area contributed by atoms with Crippen LogP contribution < -0.4 is 5.32 Å². The van der Waals surface area contributed by atoms with Crippen LogP contribution in [0.15, 0.2) is 24.3 Å². The molecule has 2 atom stereocenters. The van der Waals surface area contributed by atoms with Crippen molar-refractivity contribution in [2.24, 2.45) is 0 Å². The van der Waals surface area contributed by atoms with E-state index in [4.69, 9.17) is 5.11 Å². The second-order valence-corrected chi connectivity index (χ2v) is 4.08. The van der Waals surface area contributed by atoms with Crippen LogP contribution >= 0.6 is 0 Å². The first-order valence-electron chi connectivity index (χ1n) is 5.48. The normalized spacial score (nSPS) is 14.4. The monoisotopic (exact) mass is 291 g/mol. The number of halogens is 3. The molecule has 0 bridgehead atoms. The van der Waals surface area contributed by atoms with E-state index in [1.54, 1.807) is 0 Å². The van der Waals surface area contributed by atoms with Crippen molar-refractivity contribution in [1.82, 2.24) is 5.32 Å². The first-order chi connectivity index (χ1) is 9.12. The van der Waals surface area contributed by atoms with E-state index in [9.17, 15) is 27.9 Å². The zero-order valence-corrected chi connectivity index (χ0v) is 10.3. The fraction of sp³-hybridized carbons (Fsp3) is 0.333. The lowest BCUT2D eigenvalue weighted by Gasteiger charge is -2.20. The molecule has 1 amide bonds. The molecule has 0 saturated carbocycles. The summed E-state index contributed by atoms with van der Waals surface area (Å²) < 4.78 is 37.1. The van der Waals surface area contributed by atoms with Crippen molar-refractivity contribution in [3.63, 3.8) is 0 Å². The van der Waals surface area contributed by atoms with Crippen molar-refractivity contribution in [3.05, 3.63) is 35.4 Å². The van der Waals surface area contributed by atoms with Crippen LogP contribution in [0.4, 0.5) is 13.2 Å². The standard InChI is InChI=1S/C12H12F3NO4/c1-6(17)16-9(11(19)20)10(18)7-2-4-8(5-3-7)12(13,14)15/h2-5,9-10,18H,1H3,(H,16,17)(H,19,20)/t9?,10-/m1/s1. The summed E-state index contributed by atoms with van der Waals surface area (Å²) >= 11 is 0. The van der Waals surface area contributed by atoms with Crippen molar-refractivity contribution >= 4 is 11.9 Å². The van der Waals surface area contributed by atoms with E-state index in [-0.39, 0.29) is 5.56 Å². The number of amides is 1. The van der Waals surface area contributed by atoms with Crippen LogP contribution in [-0.2, 0) is 15.8 Å². The summed E-state index contributed by atoms with van der Waals surface area (Å²) in [7, 11) is 0. The van der Waals surface area contributed by atoms with Crippen LogP contribution in [0.1, 0.15) is 24.2 Å². The number of hydrogen-bond acceptors (Lipinski definition) is 3. The van der Waals surface area contributed by atoms with Gasteiger partial charge in [-0.15, -0.1) is 0 Å². The topological polar surface area (TPSA) is 86.6 Å². The lowest BCUT2D eigenvalue weighted by atomic mass is 10.0. The fourth-order valence-electron chi connectivity index (χ4n) is 1.56. The summed E-state index contributed by atoms with van der Waals surface area (Å²) in [5.74, 6) is -2.17. The van der Waals surface area contributed by atoms with Gasteiger partial charge in [0.1, 0.15) is 6.10 Å². The number of hydrogen-bond donors (Lipinski definition) is 3. The van der Waals surface area contributed by atoms with Crippen molar-refractivity contribution in [1.29, 1.82) is 0 Å². The largest absolute Gasteiger partial charge is 0.480 e. The molecule has 1 aromatic carbocycles. The maximum absolute atomic E-state index is 12.4. The van der Waals surface area contributed by atoms with Gasteiger partial charge in [0, 0.05) is 6.92 Å². The van der Waals surface area contributed by atoms with E-state index in [0.717, 1.165) is 31.2 Å². The number of carboxylic acid groups (broad SMARTS) is 1. The number of aliphatic hydroxyl groups is 1. The van der Waals surface area contributed by atoms with Crippen molar-refractivity contribution in [2.75, 3.05) is 0 Å². The molecule has 3 N–H and O–H groups in total. The number of rotatable bonds is 4. The molecule has 0 aliphatic heterocycles. The minimum atomic E-state index is -4.52. The van der Waals surface area contributed by atoms with Gasteiger partial charge in [0.15, 0.2) is 6.04 Å². The molecule has 8 heteroatoms. The smallest absolute Gasteiger partial charge is 0.416 e. The van der Waals surface area contributed by atoms with Gasteiger partial charge in [-0.2, -0.15) is 13.2 Å². The Morgan fingerprint density at radius 2 is 1.70 bits per heavy atom. The molecular formula is C12H12F3NO4. The summed E-state index contributed by atoms with van der Waals surface area (Å²) in [6, 6.07) is 1.75. The molecule has 1 rings (SSSR count). The summed E-state index contributed by atoms with van der Waals surface area (Å²) in [5, 5.41) is 20.7. The summed E-state index contributed by atoms with van der Waals surface area (Å²) in [6.45, 7) is 1.06. The molecule has 110 valence electrons. The highest BCUT2D eigenvalue weighted by Crippen LogP contribution is 2.30. The van der Waals surface area contributed by atoms with E-state index in [1.165, 1.54) is 0 Å². The minimum Gasteiger partial charge on any atom is -0.480 e. The Hall–Kier alpha value is -2.09. The molecule has 1 unspecified atom stereocenters. The van der Waals surface area contributed by atoms with Crippen LogP contribution in [0.3, 0.4) is 0 Å². The van der Waals surface area contributed by atoms with Gasteiger partial charge in [0.25, 0.3) is 0 Å². The molecule has 1 aromatic rings. The lowest BCUT2D eigenvalue weighted by molar-refractivity contribution is -0.145. The molecule has 20 heavy (non-hydrogen) atoms. The van der Waals surface area contributed by atoms with E-state index in [2.05, 4.69) is 0 Å². The van der Waals surface area contributed by atoms with Gasteiger partial charge in [-0.05, 0) is 17.7 Å². The number of nitrogens with one attached hydrogen (secondary N) is 1. The third-order valence-corrected chi connectivity index (χ3v) is 2.52. The zero-order valence-electron chi connectivity index (χ0n) is 10.3. The highest BCUT2D eigenvalue weighted by atomic mass is 19.4. The first-order valence-corrected chi connectivity index (χ1v) is 5.48. The Bertz CT molecular complexity index is 498. The molecule has 0 aliphatic rings. The minimum absolute atomic E-state index is 0.0425. The van der Waals surface area contributed by atoms with Crippen LogP contribution in [0.5, 0.6) is 0 Å². The number of carbonyl (C=O) groups is 2. The number of aliphatic hydroxyl groups excluding tert-OH is 1. The fourth-order valence-corrected chi connectivity index (χ4v) is 1.56. The second-order valence-electron chi connectivity index (χ2n) is 4.08. The Morgan fingerprint density at radius 1 is 1.20 bits per heavy atom. The molecule has 0 aliphatic carbocycles. The van der Waals surface area contributed by atoms with Gasteiger partial charge in [0.2, 0.25) is 5.91 Å². The molecule has 0 saturated heterocycles. The molecule has 0 spiro atoms. The van der Waals surface area contributed by atoms with Crippen molar-refractivity contribution in [2.45, 2.75) is 25.2 Å². The highest BCUT2D eigenvalue weighted by Gasteiger charge is 2.32.